The highest BCUT2D eigenvalue weighted by molar-refractivity contribution is 5.82. The predicted octanol–water partition coefficient (Wildman–Crippen LogP) is 3.09. The molecule has 0 fully saturated rings. The van der Waals surface area contributed by atoms with E-state index in [2.05, 4.69) is 5.32 Å². The molecule has 0 saturated carbocycles. The second kappa shape index (κ2) is 9.12. The Bertz CT molecular complexity index is 725. The van der Waals surface area contributed by atoms with Gasteiger partial charge in [0.25, 0.3) is 0 Å². The zero-order valence-electron chi connectivity index (χ0n) is 13.7. The normalized spacial score (nSPS) is 11.7. The molecule has 0 saturated heterocycles. The third-order valence-electron chi connectivity index (χ3n) is 3.35. The van der Waals surface area contributed by atoms with Crippen LogP contribution in [0.3, 0.4) is 0 Å². The number of nitrogens with one attached hydrogen (secondary N) is 1. The molecule has 6 nitrogen and oxygen atoms in total. The maximum atomic E-state index is 11.8. The fourth-order valence-corrected chi connectivity index (χ4v) is 2.01. The van der Waals surface area contributed by atoms with E-state index in [1.165, 1.54) is 6.08 Å². The van der Waals surface area contributed by atoms with Gasteiger partial charge in [-0.25, -0.2) is 9.59 Å². The average molecular weight is 341 g/mol. The molecule has 1 atom stereocenters. The van der Waals surface area contributed by atoms with Gasteiger partial charge in [-0.3, -0.25) is 0 Å². The average Bonchev–Trinajstić information content (AvgIpc) is 2.64. The van der Waals surface area contributed by atoms with Crippen molar-refractivity contribution >= 4 is 18.1 Å². The third kappa shape index (κ3) is 6.02. The number of carboxylic acids is 1. The van der Waals surface area contributed by atoms with Crippen LogP contribution in [-0.2, 0) is 16.1 Å². The first kappa shape index (κ1) is 18.1. The fourth-order valence-electron chi connectivity index (χ4n) is 2.01. The summed E-state index contributed by atoms with van der Waals surface area (Å²) in [4.78, 5) is 23.1. The Morgan fingerprint density at radius 2 is 1.80 bits per heavy atom. The van der Waals surface area contributed by atoms with Gasteiger partial charge in [-0.2, -0.15) is 0 Å². The molecule has 0 heterocycles. The lowest BCUT2D eigenvalue weighted by Crippen LogP contribution is -2.39. The molecule has 0 aliphatic carbocycles. The van der Waals surface area contributed by atoms with Gasteiger partial charge in [0.15, 0.2) is 0 Å². The highest BCUT2D eigenvalue weighted by Crippen LogP contribution is 2.12. The van der Waals surface area contributed by atoms with Gasteiger partial charge in [-0.15, -0.1) is 0 Å². The van der Waals surface area contributed by atoms with Crippen LogP contribution in [0.4, 0.5) is 4.79 Å². The number of rotatable bonds is 7. The van der Waals surface area contributed by atoms with Crippen LogP contribution in [0, 0.1) is 0 Å². The Labute approximate surface area is 145 Å². The molecule has 2 aromatic carbocycles. The predicted molar refractivity (Wildman–Crippen MR) is 93.2 cm³/mol. The Kier molecular flexibility index (Phi) is 6.59. The molecule has 0 unspecified atom stereocenters. The molecule has 6 heteroatoms. The second-order valence-corrected chi connectivity index (χ2v) is 5.15. The molecule has 0 spiro atoms. The third-order valence-corrected chi connectivity index (χ3v) is 3.35. The first-order valence-electron chi connectivity index (χ1n) is 7.61. The molecule has 0 radical (unpaired) electrons. The number of carbonyl (C=O) groups is 2. The lowest BCUT2D eigenvalue weighted by molar-refractivity contribution is -0.138. The number of ether oxygens (including phenoxy) is 2. The van der Waals surface area contributed by atoms with E-state index in [0.717, 1.165) is 11.1 Å². The van der Waals surface area contributed by atoms with E-state index in [-0.39, 0.29) is 6.61 Å². The van der Waals surface area contributed by atoms with Gasteiger partial charge < -0.3 is 19.9 Å². The molecule has 0 aliphatic rings. The molecule has 2 aromatic rings. The van der Waals surface area contributed by atoms with Crippen molar-refractivity contribution in [2.45, 2.75) is 12.6 Å². The van der Waals surface area contributed by atoms with Crippen molar-refractivity contribution in [3.8, 4) is 5.75 Å². The first-order valence-corrected chi connectivity index (χ1v) is 7.61. The number of methoxy groups -OCH3 is 1. The molecule has 0 bridgehead atoms. The maximum absolute atomic E-state index is 11.8. The highest BCUT2D eigenvalue weighted by Gasteiger charge is 2.17. The van der Waals surface area contributed by atoms with Crippen LogP contribution >= 0.6 is 0 Å². The number of hydrogen-bond acceptors (Lipinski definition) is 4. The molecular weight excluding hydrogens is 322 g/mol. The van der Waals surface area contributed by atoms with E-state index in [0.29, 0.717) is 5.75 Å². The summed E-state index contributed by atoms with van der Waals surface area (Å²) in [5.74, 6) is -0.476. The topological polar surface area (TPSA) is 84.9 Å². The maximum Gasteiger partial charge on any atom is 0.408 e. The van der Waals surface area contributed by atoms with E-state index in [4.69, 9.17) is 9.47 Å². The second-order valence-electron chi connectivity index (χ2n) is 5.15. The summed E-state index contributed by atoms with van der Waals surface area (Å²) in [7, 11) is 1.57. The van der Waals surface area contributed by atoms with Crippen LogP contribution < -0.4 is 10.1 Å². The molecule has 0 aliphatic heterocycles. The smallest absolute Gasteiger partial charge is 0.408 e. The lowest BCUT2D eigenvalue weighted by atomic mass is 10.1. The van der Waals surface area contributed by atoms with Crippen molar-refractivity contribution < 1.29 is 24.2 Å². The van der Waals surface area contributed by atoms with Gasteiger partial charge in [-0.05, 0) is 23.3 Å². The lowest BCUT2D eigenvalue weighted by Gasteiger charge is -2.11. The minimum Gasteiger partial charge on any atom is -0.497 e. The summed E-state index contributed by atoms with van der Waals surface area (Å²) in [6, 6.07) is 15.0. The molecule has 0 aromatic heterocycles. The van der Waals surface area contributed by atoms with Gasteiger partial charge >= 0.3 is 12.1 Å². The number of aliphatic carboxylic acids is 1. The summed E-state index contributed by atoms with van der Waals surface area (Å²) < 4.78 is 10.1. The van der Waals surface area contributed by atoms with Crippen molar-refractivity contribution in [2.75, 3.05) is 7.11 Å². The summed E-state index contributed by atoms with van der Waals surface area (Å²) >= 11 is 0. The fraction of sp³-hybridized carbons (Fsp3) is 0.158. The van der Waals surface area contributed by atoms with Gasteiger partial charge in [0.05, 0.1) is 7.11 Å². The quantitative estimate of drug-likeness (QED) is 0.808. The van der Waals surface area contributed by atoms with Crippen LogP contribution in [0.5, 0.6) is 5.75 Å². The van der Waals surface area contributed by atoms with Crippen molar-refractivity contribution in [2.24, 2.45) is 0 Å². The Balaban J connectivity index is 1.91. The molecule has 1 amide bonds. The standard InChI is InChI=1S/C19H19NO5/c1-24-16-10-7-14(8-11-16)9-12-17(18(21)22)20-19(23)25-13-15-5-3-2-4-6-15/h2-12,17H,13H2,1H3,(H,20,23)(H,21,22)/b12-9+/t17-/m0/s1. The number of alkyl carbamates (subject to hydrolysis) is 1. The van der Waals surface area contributed by atoms with E-state index >= 15 is 0 Å². The molecule has 2 N–H and O–H groups in total. The largest absolute Gasteiger partial charge is 0.497 e. The first-order chi connectivity index (χ1) is 12.1. The SMILES string of the molecule is COc1ccc(/C=C/[C@H](NC(=O)OCc2ccccc2)C(=O)O)cc1. The summed E-state index contributed by atoms with van der Waals surface area (Å²) in [6.45, 7) is 0.0706. The zero-order valence-corrected chi connectivity index (χ0v) is 13.7. The van der Waals surface area contributed by atoms with Gasteiger partial charge in [0, 0.05) is 0 Å². The molecular formula is C19H19NO5. The van der Waals surface area contributed by atoms with Crippen LogP contribution in [0.25, 0.3) is 6.08 Å². The van der Waals surface area contributed by atoms with E-state index in [9.17, 15) is 14.7 Å². The number of benzene rings is 2. The van der Waals surface area contributed by atoms with Crippen molar-refractivity contribution in [1.82, 2.24) is 5.32 Å². The Morgan fingerprint density at radius 1 is 1.12 bits per heavy atom. The molecule has 25 heavy (non-hydrogen) atoms. The van der Waals surface area contributed by atoms with Crippen molar-refractivity contribution in [3.63, 3.8) is 0 Å². The zero-order chi connectivity index (χ0) is 18.1. The summed E-state index contributed by atoms with van der Waals surface area (Å²) in [6.07, 6.45) is 2.19. The van der Waals surface area contributed by atoms with Crippen LogP contribution in [0.1, 0.15) is 11.1 Å². The number of amides is 1. The van der Waals surface area contributed by atoms with Crippen LogP contribution in [0.15, 0.2) is 60.7 Å². The van der Waals surface area contributed by atoms with E-state index < -0.39 is 18.1 Å². The number of carbonyl (C=O) groups excluding carboxylic acids is 1. The monoisotopic (exact) mass is 341 g/mol. The summed E-state index contributed by atoms with van der Waals surface area (Å²) in [5.41, 5.74) is 1.60. The molecule has 130 valence electrons. The van der Waals surface area contributed by atoms with E-state index in [1.807, 2.05) is 30.3 Å². The molecule has 2 rings (SSSR count). The summed E-state index contributed by atoms with van der Waals surface area (Å²) in [5, 5.41) is 11.5. The Hall–Kier alpha value is -3.28. The number of hydrogen-bond donors (Lipinski definition) is 2. The number of carboxylic acid groups (broad SMARTS) is 1. The van der Waals surface area contributed by atoms with Crippen molar-refractivity contribution in [3.05, 3.63) is 71.8 Å². The highest BCUT2D eigenvalue weighted by atomic mass is 16.5. The van der Waals surface area contributed by atoms with Gasteiger partial charge in [0.1, 0.15) is 18.4 Å². The van der Waals surface area contributed by atoms with Gasteiger partial charge in [0.2, 0.25) is 0 Å². The van der Waals surface area contributed by atoms with Gasteiger partial charge in [-0.1, -0.05) is 54.6 Å². The minimum absolute atomic E-state index is 0.0706. The van der Waals surface area contributed by atoms with Crippen LogP contribution in [0.2, 0.25) is 0 Å². The van der Waals surface area contributed by atoms with Crippen LogP contribution in [-0.4, -0.2) is 30.3 Å². The van der Waals surface area contributed by atoms with E-state index in [1.54, 1.807) is 37.5 Å². The van der Waals surface area contributed by atoms with Crippen molar-refractivity contribution in [1.29, 1.82) is 0 Å². The minimum atomic E-state index is -1.19. The Morgan fingerprint density at radius 3 is 2.40 bits per heavy atom.